The summed E-state index contributed by atoms with van der Waals surface area (Å²) in [5, 5.41) is 13.5. The van der Waals surface area contributed by atoms with Gasteiger partial charge in [0.1, 0.15) is 5.82 Å². The zero-order valence-electron chi connectivity index (χ0n) is 21.0. The molecule has 3 heterocycles. The Hall–Kier alpha value is -2.10. The summed E-state index contributed by atoms with van der Waals surface area (Å²) in [6, 6.07) is 0.0516. The molecule has 1 saturated heterocycles. The molecule has 9 heteroatoms. The molecule has 3 rings (SSSR count). The van der Waals surface area contributed by atoms with E-state index in [1.807, 2.05) is 41.5 Å². The topological polar surface area (TPSA) is 113 Å². The molecular weight excluding hydrogens is 422 g/mol. The van der Waals surface area contributed by atoms with Gasteiger partial charge in [-0.15, -0.1) is 0 Å². The second-order valence-corrected chi connectivity index (χ2v) is 11.3. The van der Waals surface area contributed by atoms with Crippen molar-refractivity contribution in [2.24, 2.45) is 5.41 Å². The number of pyridine rings is 1. The van der Waals surface area contributed by atoms with Gasteiger partial charge in [0.15, 0.2) is 0 Å². The molecule has 0 radical (unpaired) electrons. The maximum atomic E-state index is 12.8. The third kappa shape index (κ3) is 6.94. The van der Waals surface area contributed by atoms with Gasteiger partial charge in [-0.25, -0.2) is 9.78 Å². The molecule has 2 aliphatic rings. The lowest BCUT2D eigenvalue weighted by molar-refractivity contribution is -0.185. The van der Waals surface area contributed by atoms with E-state index in [1.54, 1.807) is 11.1 Å². The van der Waals surface area contributed by atoms with E-state index >= 15 is 0 Å². The number of nitrogens with two attached hydrogens (primary N) is 1. The van der Waals surface area contributed by atoms with Crippen LogP contribution in [0.2, 0.25) is 0 Å². The lowest BCUT2D eigenvalue weighted by Crippen LogP contribution is -2.51. The minimum atomic E-state index is -1.04. The molecule has 1 aromatic heterocycles. The number of carbonyl (C=O) groups excluding carboxylic acids is 1. The van der Waals surface area contributed by atoms with E-state index in [0.29, 0.717) is 31.2 Å². The molecular formula is C24H41N5O4. The summed E-state index contributed by atoms with van der Waals surface area (Å²) in [6.07, 6.45) is 3.74. The Bertz CT molecular complexity index is 833. The summed E-state index contributed by atoms with van der Waals surface area (Å²) in [5.74, 6) is 0.635. The van der Waals surface area contributed by atoms with Crippen LogP contribution in [0.1, 0.15) is 66.4 Å². The number of anilines is 3. The van der Waals surface area contributed by atoms with Crippen molar-refractivity contribution in [3.63, 3.8) is 0 Å². The number of piperidine rings is 1. The number of fused-ring (bicyclic) bond motifs is 1. The maximum absolute atomic E-state index is 12.8. The highest BCUT2D eigenvalue weighted by molar-refractivity contribution is 5.91. The van der Waals surface area contributed by atoms with Crippen molar-refractivity contribution in [3.8, 4) is 0 Å². The molecule has 2 aliphatic heterocycles. The first-order valence-electron chi connectivity index (χ1n) is 11.9. The number of aromatic nitrogens is 1. The van der Waals surface area contributed by atoms with Crippen LogP contribution in [-0.2, 0) is 15.9 Å². The normalized spacial score (nSPS) is 20.4. The van der Waals surface area contributed by atoms with E-state index in [-0.39, 0.29) is 17.6 Å². The van der Waals surface area contributed by atoms with Crippen LogP contribution in [0.15, 0.2) is 6.20 Å². The largest absolute Gasteiger partial charge is 0.449 e. The minimum Gasteiger partial charge on any atom is -0.449 e. The van der Waals surface area contributed by atoms with Gasteiger partial charge in [-0.2, -0.15) is 0 Å². The average Bonchev–Trinajstić information content (AvgIpc) is 2.69. The molecule has 2 atom stereocenters. The summed E-state index contributed by atoms with van der Waals surface area (Å²) in [7, 11) is 0. The first-order chi connectivity index (χ1) is 15.3. The zero-order valence-corrected chi connectivity index (χ0v) is 21.0. The standard InChI is InChI=1S/C24H41N5O4/c1-23(2,3)15-32-22(31)29-12-8-10-17-19(18(25)13-26-20(17)29)28-11-7-9-16(14-28)27-21(30)33-24(4,5)6/h13,16,21,27,30H,7-12,14-15,25H2,1-6H3/t16-,21?/m0/s1. The zero-order chi connectivity index (χ0) is 24.4. The second-order valence-electron chi connectivity index (χ2n) is 11.3. The van der Waals surface area contributed by atoms with Crippen molar-refractivity contribution in [2.75, 3.05) is 41.8 Å². The molecule has 0 aliphatic carbocycles. The lowest BCUT2D eigenvalue weighted by atomic mass is 9.98. The predicted octanol–water partition coefficient (Wildman–Crippen LogP) is 3.25. The van der Waals surface area contributed by atoms with Crippen LogP contribution < -0.4 is 20.9 Å². The van der Waals surface area contributed by atoms with E-state index in [2.05, 4.69) is 15.2 Å². The molecule has 1 unspecified atom stereocenters. The summed E-state index contributed by atoms with van der Waals surface area (Å²) < 4.78 is 11.2. The molecule has 0 saturated carbocycles. The Morgan fingerprint density at radius 1 is 1.27 bits per heavy atom. The average molecular weight is 464 g/mol. The molecule has 0 aromatic carbocycles. The van der Waals surface area contributed by atoms with E-state index in [0.717, 1.165) is 43.5 Å². The van der Waals surface area contributed by atoms with Crippen LogP contribution in [0.5, 0.6) is 0 Å². The molecule has 4 N–H and O–H groups in total. The molecule has 33 heavy (non-hydrogen) atoms. The quantitative estimate of drug-likeness (QED) is 0.571. The van der Waals surface area contributed by atoms with Crippen LogP contribution in [-0.4, -0.2) is 60.5 Å². The number of aliphatic hydroxyl groups is 1. The van der Waals surface area contributed by atoms with Crippen molar-refractivity contribution >= 4 is 23.3 Å². The van der Waals surface area contributed by atoms with Crippen molar-refractivity contribution in [2.45, 2.75) is 85.3 Å². The highest BCUT2D eigenvalue weighted by Crippen LogP contribution is 2.38. The number of ether oxygens (including phenoxy) is 2. The Kier molecular flexibility index (Phi) is 7.76. The van der Waals surface area contributed by atoms with E-state index in [1.165, 1.54) is 0 Å². The van der Waals surface area contributed by atoms with Gasteiger partial charge < -0.3 is 25.2 Å². The number of amides is 1. The van der Waals surface area contributed by atoms with E-state index in [4.69, 9.17) is 15.2 Å². The van der Waals surface area contributed by atoms with Gasteiger partial charge in [0.05, 0.1) is 29.8 Å². The Labute approximate surface area is 197 Å². The third-order valence-corrected chi connectivity index (χ3v) is 5.65. The molecule has 9 nitrogen and oxygen atoms in total. The van der Waals surface area contributed by atoms with E-state index < -0.39 is 12.0 Å². The Morgan fingerprint density at radius 3 is 2.67 bits per heavy atom. The lowest BCUT2D eigenvalue weighted by Gasteiger charge is -2.39. The van der Waals surface area contributed by atoms with Crippen molar-refractivity contribution in [3.05, 3.63) is 11.8 Å². The highest BCUT2D eigenvalue weighted by Gasteiger charge is 2.32. The van der Waals surface area contributed by atoms with Gasteiger partial charge in [-0.1, -0.05) is 20.8 Å². The van der Waals surface area contributed by atoms with Gasteiger partial charge in [-0.05, 0) is 51.9 Å². The second kappa shape index (κ2) is 10.0. The van der Waals surface area contributed by atoms with Crippen LogP contribution in [0.4, 0.5) is 22.0 Å². The van der Waals surface area contributed by atoms with Gasteiger partial charge in [0.25, 0.3) is 0 Å². The smallest absolute Gasteiger partial charge is 0.415 e. The summed E-state index contributed by atoms with van der Waals surface area (Å²) in [6.45, 7) is 14.3. The third-order valence-electron chi connectivity index (χ3n) is 5.65. The summed E-state index contributed by atoms with van der Waals surface area (Å²) in [4.78, 5) is 21.2. The van der Waals surface area contributed by atoms with E-state index in [9.17, 15) is 9.90 Å². The highest BCUT2D eigenvalue weighted by atomic mass is 16.6. The molecule has 1 aromatic rings. The SMILES string of the molecule is CC(C)(C)COC(=O)N1CCCc2c1ncc(N)c2N1CCC[C@H](NC(O)OC(C)(C)C)C1. The minimum absolute atomic E-state index is 0.0516. The first kappa shape index (κ1) is 25.5. The number of nitrogen functional groups attached to an aromatic ring is 1. The summed E-state index contributed by atoms with van der Waals surface area (Å²) in [5.41, 5.74) is 8.39. The van der Waals surface area contributed by atoms with Crippen molar-refractivity contribution in [1.82, 2.24) is 10.3 Å². The fourth-order valence-electron chi connectivity index (χ4n) is 4.33. The Morgan fingerprint density at radius 2 is 2.00 bits per heavy atom. The predicted molar refractivity (Wildman–Crippen MR) is 130 cm³/mol. The van der Waals surface area contributed by atoms with Gasteiger partial charge in [-0.3, -0.25) is 10.2 Å². The number of nitrogens with one attached hydrogen (secondary N) is 1. The molecule has 186 valence electrons. The number of rotatable bonds is 5. The van der Waals surface area contributed by atoms with Crippen molar-refractivity contribution < 1.29 is 19.4 Å². The number of nitrogens with zero attached hydrogens (tertiary/aromatic N) is 3. The molecule has 1 fully saturated rings. The fourth-order valence-corrected chi connectivity index (χ4v) is 4.33. The van der Waals surface area contributed by atoms with Crippen LogP contribution in [0.3, 0.4) is 0 Å². The fraction of sp³-hybridized carbons (Fsp3) is 0.750. The van der Waals surface area contributed by atoms with Crippen LogP contribution in [0.25, 0.3) is 0 Å². The van der Waals surface area contributed by atoms with Crippen LogP contribution >= 0.6 is 0 Å². The molecule has 1 amide bonds. The summed E-state index contributed by atoms with van der Waals surface area (Å²) >= 11 is 0. The number of aliphatic hydroxyl groups excluding tert-OH is 1. The number of hydrogen-bond donors (Lipinski definition) is 3. The first-order valence-corrected chi connectivity index (χ1v) is 11.9. The van der Waals surface area contributed by atoms with Gasteiger partial charge >= 0.3 is 6.09 Å². The molecule has 0 bridgehead atoms. The maximum Gasteiger partial charge on any atom is 0.415 e. The number of hydrogen-bond acceptors (Lipinski definition) is 8. The Balaban J connectivity index is 1.78. The number of carbonyl (C=O) groups is 1. The van der Waals surface area contributed by atoms with Crippen molar-refractivity contribution in [1.29, 1.82) is 0 Å². The monoisotopic (exact) mass is 463 g/mol. The molecule has 0 spiro atoms. The van der Waals surface area contributed by atoms with Gasteiger partial charge in [0, 0.05) is 31.2 Å². The van der Waals surface area contributed by atoms with Crippen LogP contribution in [0, 0.1) is 5.41 Å². The van der Waals surface area contributed by atoms with Gasteiger partial charge in [0.2, 0.25) is 6.41 Å².